The molecule has 0 saturated carbocycles. The van der Waals surface area contributed by atoms with E-state index in [1.807, 2.05) is 12.3 Å². The van der Waals surface area contributed by atoms with Crippen molar-refractivity contribution in [1.29, 1.82) is 0 Å². The highest BCUT2D eigenvalue weighted by Crippen LogP contribution is 2.43. The Kier molecular flexibility index (Phi) is 6.73. The summed E-state index contributed by atoms with van der Waals surface area (Å²) in [6, 6.07) is 5.94. The first-order valence-electron chi connectivity index (χ1n) is 11.6. The fourth-order valence-electron chi connectivity index (χ4n) is 5.10. The third-order valence-corrected chi connectivity index (χ3v) is 6.68. The first-order valence-corrected chi connectivity index (χ1v) is 11.6. The van der Waals surface area contributed by atoms with Crippen molar-refractivity contribution in [2.45, 2.75) is 77.0 Å². The van der Waals surface area contributed by atoms with Crippen LogP contribution in [0.15, 0.2) is 53.3 Å². The molecule has 0 spiro atoms. The summed E-state index contributed by atoms with van der Waals surface area (Å²) in [7, 11) is 0. The Morgan fingerprint density at radius 3 is 2.90 bits per heavy atom. The maximum absolute atomic E-state index is 14.9. The first-order chi connectivity index (χ1) is 15.0. The zero-order valence-corrected chi connectivity index (χ0v) is 18.8. The summed E-state index contributed by atoms with van der Waals surface area (Å²) in [6.07, 6.45) is 13.9. The number of aliphatic imine (C=N–C) groups is 1. The number of nitrogens with one attached hydrogen (secondary N) is 1. The van der Waals surface area contributed by atoms with Gasteiger partial charge in [-0.15, -0.1) is 0 Å². The van der Waals surface area contributed by atoms with Gasteiger partial charge in [-0.1, -0.05) is 37.6 Å². The number of allylic oxidation sites excluding steroid dienone is 3. The average Bonchev–Trinajstić information content (AvgIpc) is 3.22. The number of benzene rings is 1. The molecule has 0 aromatic heterocycles. The molecular weight excluding hydrogens is 389 g/mol. The van der Waals surface area contributed by atoms with E-state index in [2.05, 4.69) is 54.6 Å². The van der Waals surface area contributed by atoms with E-state index >= 15 is 0 Å². The monoisotopic (exact) mass is 423 g/mol. The second kappa shape index (κ2) is 9.49. The molecule has 5 heteroatoms. The number of nitrogens with zero attached hydrogens (tertiary/aromatic N) is 2. The van der Waals surface area contributed by atoms with Crippen LogP contribution in [0.4, 0.5) is 4.39 Å². The largest absolute Gasteiger partial charge is 0.393 e. The zero-order valence-electron chi connectivity index (χ0n) is 18.8. The Hall–Kier alpha value is -2.24. The van der Waals surface area contributed by atoms with Crippen molar-refractivity contribution >= 4 is 11.8 Å². The Morgan fingerprint density at radius 1 is 1.29 bits per heavy atom. The lowest BCUT2D eigenvalue weighted by Gasteiger charge is -2.37. The van der Waals surface area contributed by atoms with Crippen molar-refractivity contribution in [3.63, 3.8) is 0 Å². The number of aliphatic hydroxyl groups excluding tert-OH is 1. The van der Waals surface area contributed by atoms with Crippen LogP contribution in [-0.2, 0) is 0 Å². The standard InChI is InChI=1S/C26H34FN3O/c1-4-7-18(13-21-8-6-11-30(29-21)17(2)3)25(31)14-19-12-20-15-28-16-23(20)22-9-5-10-24(27)26(19)22/h5-6,9-12,15-19,21,25,29,31H,4,7-8,13-14H2,1-3H3. The fourth-order valence-corrected chi connectivity index (χ4v) is 5.10. The average molecular weight is 424 g/mol. The fraction of sp³-hybridized carbons (Fsp3) is 0.500. The van der Waals surface area contributed by atoms with Gasteiger partial charge >= 0.3 is 0 Å². The van der Waals surface area contributed by atoms with Crippen LogP contribution in [-0.4, -0.2) is 34.5 Å². The molecule has 4 nitrogen and oxygen atoms in total. The second-order valence-corrected chi connectivity index (χ2v) is 9.29. The molecule has 4 unspecified atom stereocenters. The number of fused-ring (bicyclic) bond motifs is 3. The number of halogens is 1. The van der Waals surface area contributed by atoms with Crippen LogP contribution >= 0.6 is 0 Å². The molecule has 166 valence electrons. The van der Waals surface area contributed by atoms with Crippen molar-refractivity contribution in [3.05, 3.63) is 65.3 Å². The molecule has 2 N–H and O–H groups in total. The van der Waals surface area contributed by atoms with E-state index in [0.717, 1.165) is 42.4 Å². The summed E-state index contributed by atoms with van der Waals surface area (Å²) < 4.78 is 14.9. The minimum Gasteiger partial charge on any atom is -0.393 e. The lowest BCUT2D eigenvalue weighted by Crippen LogP contribution is -2.48. The van der Waals surface area contributed by atoms with Crippen molar-refractivity contribution in [2.75, 3.05) is 0 Å². The zero-order chi connectivity index (χ0) is 22.0. The minimum atomic E-state index is -0.488. The van der Waals surface area contributed by atoms with Crippen molar-refractivity contribution in [2.24, 2.45) is 10.9 Å². The number of rotatable bonds is 8. The highest BCUT2D eigenvalue weighted by atomic mass is 19.1. The Labute approximate surface area is 185 Å². The molecule has 0 bridgehead atoms. The van der Waals surface area contributed by atoms with E-state index in [9.17, 15) is 9.50 Å². The molecule has 1 aromatic rings. The van der Waals surface area contributed by atoms with Crippen LogP contribution in [0.2, 0.25) is 0 Å². The van der Waals surface area contributed by atoms with Crippen LogP contribution in [0.5, 0.6) is 0 Å². The normalized spacial score (nSPS) is 24.0. The Morgan fingerprint density at radius 2 is 2.13 bits per heavy atom. The Bertz CT molecular complexity index is 917. The van der Waals surface area contributed by atoms with Crippen molar-refractivity contribution < 1.29 is 9.50 Å². The smallest absolute Gasteiger partial charge is 0.127 e. The van der Waals surface area contributed by atoms with Gasteiger partial charge in [0.15, 0.2) is 0 Å². The molecule has 1 aliphatic carbocycles. The molecule has 2 aliphatic heterocycles. The van der Waals surface area contributed by atoms with Gasteiger partial charge in [-0.25, -0.2) is 9.82 Å². The van der Waals surface area contributed by atoms with E-state index < -0.39 is 6.10 Å². The topological polar surface area (TPSA) is 47.9 Å². The van der Waals surface area contributed by atoms with E-state index in [4.69, 9.17) is 0 Å². The van der Waals surface area contributed by atoms with Crippen LogP contribution < -0.4 is 5.43 Å². The molecule has 0 fully saturated rings. The number of hydrogen-bond acceptors (Lipinski definition) is 4. The number of aliphatic hydroxyl groups is 1. The summed E-state index contributed by atoms with van der Waals surface area (Å²) in [5.74, 6) is -0.170. The van der Waals surface area contributed by atoms with Gasteiger partial charge in [0.25, 0.3) is 0 Å². The van der Waals surface area contributed by atoms with Gasteiger partial charge in [-0.3, -0.25) is 4.99 Å². The SMILES string of the molecule is CCCC(CC1CC=CN(C(C)C)N1)C(O)CC1C=C2C=NC=C2c2cccc(F)c21. The molecule has 4 rings (SSSR count). The summed E-state index contributed by atoms with van der Waals surface area (Å²) >= 11 is 0. The maximum Gasteiger partial charge on any atom is 0.127 e. The summed E-state index contributed by atoms with van der Waals surface area (Å²) in [5.41, 5.74) is 7.22. The predicted octanol–water partition coefficient (Wildman–Crippen LogP) is 5.33. The molecule has 31 heavy (non-hydrogen) atoms. The summed E-state index contributed by atoms with van der Waals surface area (Å²) in [6.45, 7) is 6.49. The third kappa shape index (κ3) is 4.68. The van der Waals surface area contributed by atoms with Crippen LogP contribution in [0.25, 0.3) is 5.57 Å². The van der Waals surface area contributed by atoms with Crippen LogP contribution in [0, 0.1) is 11.7 Å². The predicted molar refractivity (Wildman–Crippen MR) is 125 cm³/mol. The second-order valence-electron chi connectivity index (χ2n) is 9.29. The molecule has 2 heterocycles. The molecule has 0 saturated heterocycles. The van der Waals surface area contributed by atoms with E-state index in [0.29, 0.717) is 24.1 Å². The van der Waals surface area contributed by atoms with E-state index in [1.54, 1.807) is 12.3 Å². The van der Waals surface area contributed by atoms with Gasteiger partial charge in [-0.2, -0.15) is 0 Å². The van der Waals surface area contributed by atoms with Gasteiger partial charge in [0, 0.05) is 47.8 Å². The molecular formula is C26H34FN3O. The lowest BCUT2D eigenvalue weighted by atomic mass is 9.76. The number of hydrazine groups is 1. The molecule has 1 aromatic carbocycles. The maximum atomic E-state index is 14.9. The van der Waals surface area contributed by atoms with Gasteiger partial charge < -0.3 is 10.1 Å². The third-order valence-electron chi connectivity index (χ3n) is 6.68. The summed E-state index contributed by atoms with van der Waals surface area (Å²) in [4.78, 5) is 4.27. The molecule has 3 aliphatic rings. The minimum absolute atomic E-state index is 0.145. The van der Waals surface area contributed by atoms with Gasteiger partial charge in [0.2, 0.25) is 0 Å². The van der Waals surface area contributed by atoms with E-state index in [-0.39, 0.29) is 17.7 Å². The van der Waals surface area contributed by atoms with Crippen molar-refractivity contribution in [3.8, 4) is 0 Å². The molecule has 0 radical (unpaired) electrons. The summed E-state index contributed by atoms with van der Waals surface area (Å²) in [5, 5.41) is 13.4. The van der Waals surface area contributed by atoms with Gasteiger partial charge in [0.05, 0.1) is 6.10 Å². The Balaban J connectivity index is 1.51. The van der Waals surface area contributed by atoms with E-state index in [1.165, 1.54) is 6.07 Å². The van der Waals surface area contributed by atoms with Crippen LogP contribution in [0.1, 0.15) is 69.9 Å². The molecule has 4 atom stereocenters. The van der Waals surface area contributed by atoms with Gasteiger partial charge in [-0.05, 0) is 62.7 Å². The lowest BCUT2D eigenvalue weighted by molar-refractivity contribution is 0.0666. The quantitative estimate of drug-likeness (QED) is 0.594. The first kappa shape index (κ1) is 22.0. The van der Waals surface area contributed by atoms with Crippen LogP contribution in [0.3, 0.4) is 0 Å². The van der Waals surface area contributed by atoms with Gasteiger partial charge in [0.1, 0.15) is 5.82 Å². The van der Waals surface area contributed by atoms with Crippen molar-refractivity contribution in [1.82, 2.24) is 10.4 Å². The number of hydrogen-bond donors (Lipinski definition) is 2. The highest BCUT2D eigenvalue weighted by Gasteiger charge is 2.32. The highest BCUT2D eigenvalue weighted by molar-refractivity contribution is 6.06. The molecule has 0 amide bonds.